The van der Waals surface area contributed by atoms with Crippen LogP contribution in [0.15, 0.2) is 42.5 Å². The maximum absolute atomic E-state index is 12.5. The normalized spacial score (nSPS) is 13.9. The number of hydrogen-bond acceptors (Lipinski definition) is 4. The predicted molar refractivity (Wildman–Crippen MR) is 101 cm³/mol. The summed E-state index contributed by atoms with van der Waals surface area (Å²) in [5.74, 6) is -0.377. The van der Waals surface area contributed by atoms with E-state index in [9.17, 15) is 22.0 Å². The number of hydrogen-bond donors (Lipinski definition) is 1. The topological polar surface area (TPSA) is 75.7 Å². The second-order valence-corrected chi connectivity index (χ2v) is 8.36. The Morgan fingerprint density at radius 3 is 2.71 bits per heavy atom. The first-order valence-electron chi connectivity index (χ1n) is 8.67. The van der Waals surface area contributed by atoms with Gasteiger partial charge in [0.2, 0.25) is 10.0 Å². The summed E-state index contributed by atoms with van der Waals surface area (Å²) in [4.78, 5) is 12.5. The van der Waals surface area contributed by atoms with E-state index in [1.165, 1.54) is 10.4 Å². The Bertz CT molecular complexity index is 980. The van der Waals surface area contributed by atoms with Crippen LogP contribution in [0.4, 0.5) is 14.5 Å². The molecule has 0 saturated carbocycles. The number of benzene rings is 2. The Morgan fingerprint density at radius 2 is 2.00 bits per heavy atom. The number of aryl methyl sites for hydroxylation is 1. The molecule has 9 heteroatoms. The van der Waals surface area contributed by atoms with E-state index in [4.69, 9.17) is 0 Å². The third-order valence-corrected chi connectivity index (χ3v) is 5.63. The summed E-state index contributed by atoms with van der Waals surface area (Å²) in [5.41, 5.74) is 2.17. The molecule has 0 aliphatic carbocycles. The number of rotatable bonds is 6. The largest absolute Gasteiger partial charge is 0.434 e. The molecule has 0 atom stereocenters. The first kappa shape index (κ1) is 20.1. The molecule has 0 fully saturated rings. The molecule has 0 aromatic heterocycles. The Labute approximate surface area is 162 Å². The molecule has 1 aliphatic heterocycles. The lowest BCUT2D eigenvalue weighted by molar-refractivity contribution is -0.0504. The predicted octanol–water partition coefficient (Wildman–Crippen LogP) is 2.93. The lowest BCUT2D eigenvalue weighted by Gasteiger charge is -2.29. The van der Waals surface area contributed by atoms with Gasteiger partial charge in [-0.1, -0.05) is 18.2 Å². The van der Waals surface area contributed by atoms with Crippen LogP contribution in [0.2, 0.25) is 0 Å². The Balaban J connectivity index is 1.74. The molecule has 6 nitrogen and oxygen atoms in total. The Kier molecular flexibility index (Phi) is 5.83. The van der Waals surface area contributed by atoms with Crippen LogP contribution in [0, 0.1) is 0 Å². The second kappa shape index (κ2) is 8.14. The van der Waals surface area contributed by atoms with Crippen LogP contribution in [-0.4, -0.2) is 33.7 Å². The maximum atomic E-state index is 12.5. The number of nitrogens with one attached hydrogen (secondary N) is 1. The second-order valence-electron chi connectivity index (χ2n) is 6.45. The molecule has 1 N–H and O–H groups in total. The molecule has 1 amide bonds. The van der Waals surface area contributed by atoms with Gasteiger partial charge in [0.25, 0.3) is 5.91 Å². The number of sulfonamides is 1. The number of anilines is 1. The number of alkyl halides is 2. The molecular formula is C19H20F2N2O4S. The molecule has 0 bridgehead atoms. The zero-order valence-electron chi connectivity index (χ0n) is 15.2. The monoisotopic (exact) mass is 410 g/mol. The smallest absolute Gasteiger partial charge is 0.387 e. The fourth-order valence-corrected chi connectivity index (χ4v) is 4.18. The number of ether oxygens (including phenoxy) is 1. The van der Waals surface area contributed by atoms with Gasteiger partial charge in [-0.05, 0) is 42.7 Å². The zero-order chi connectivity index (χ0) is 20.3. The average Bonchev–Trinajstić information content (AvgIpc) is 2.65. The van der Waals surface area contributed by atoms with E-state index in [0.717, 1.165) is 11.8 Å². The molecule has 2 aromatic carbocycles. The number of amides is 1. The van der Waals surface area contributed by atoms with Gasteiger partial charge in [-0.3, -0.25) is 9.10 Å². The lowest BCUT2D eigenvalue weighted by Crippen LogP contribution is -2.34. The van der Waals surface area contributed by atoms with Crippen molar-refractivity contribution in [3.63, 3.8) is 0 Å². The summed E-state index contributed by atoms with van der Waals surface area (Å²) in [5, 5.41) is 2.68. The molecule has 0 unspecified atom stereocenters. The Hall–Kier alpha value is -2.68. The fraction of sp³-hybridized carbons (Fsp3) is 0.316. The van der Waals surface area contributed by atoms with Crippen molar-refractivity contribution in [1.29, 1.82) is 0 Å². The van der Waals surface area contributed by atoms with Gasteiger partial charge in [0.05, 0.1) is 11.9 Å². The first-order chi connectivity index (χ1) is 13.3. The molecular weight excluding hydrogens is 390 g/mol. The fourth-order valence-electron chi connectivity index (χ4n) is 3.19. The number of para-hydroxylation sites is 1. The van der Waals surface area contributed by atoms with Crippen LogP contribution in [0.1, 0.15) is 27.9 Å². The minimum absolute atomic E-state index is 0.00651. The first-order valence-corrected chi connectivity index (χ1v) is 10.5. The molecule has 2 aromatic rings. The van der Waals surface area contributed by atoms with Gasteiger partial charge in [-0.15, -0.1) is 0 Å². The third-order valence-electron chi connectivity index (χ3n) is 4.45. The molecule has 28 heavy (non-hydrogen) atoms. The molecule has 1 aliphatic rings. The average molecular weight is 410 g/mol. The van der Waals surface area contributed by atoms with Gasteiger partial charge >= 0.3 is 6.61 Å². The quantitative estimate of drug-likeness (QED) is 0.795. The lowest BCUT2D eigenvalue weighted by atomic mass is 10.0. The molecule has 0 spiro atoms. The maximum Gasteiger partial charge on any atom is 0.387 e. The number of carbonyl (C=O) groups is 1. The summed E-state index contributed by atoms with van der Waals surface area (Å²) >= 11 is 0. The van der Waals surface area contributed by atoms with Gasteiger partial charge < -0.3 is 10.1 Å². The summed E-state index contributed by atoms with van der Waals surface area (Å²) < 4.78 is 54.6. The van der Waals surface area contributed by atoms with Crippen LogP contribution in [0.5, 0.6) is 5.75 Å². The molecule has 3 rings (SSSR count). The molecule has 150 valence electrons. The van der Waals surface area contributed by atoms with E-state index in [0.29, 0.717) is 36.2 Å². The summed E-state index contributed by atoms with van der Waals surface area (Å²) in [6, 6.07) is 11.1. The highest BCUT2D eigenvalue weighted by Gasteiger charge is 2.24. The van der Waals surface area contributed by atoms with Gasteiger partial charge in [-0.2, -0.15) is 8.78 Å². The zero-order valence-corrected chi connectivity index (χ0v) is 16.0. The van der Waals surface area contributed by atoms with Crippen LogP contribution in [-0.2, 0) is 23.0 Å². The van der Waals surface area contributed by atoms with E-state index >= 15 is 0 Å². The van der Waals surface area contributed by atoms with E-state index in [1.807, 2.05) is 0 Å². The molecule has 0 saturated heterocycles. The van der Waals surface area contributed by atoms with E-state index in [2.05, 4.69) is 10.1 Å². The third kappa shape index (κ3) is 4.59. The van der Waals surface area contributed by atoms with Crippen LogP contribution in [0.25, 0.3) is 0 Å². The van der Waals surface area contributed by atoms with Crippen LogP contribution >= 0.6 is 0 Å². The highest BCUT2D eigenvalue weighted by Crippen LogP contribution is 2.30. The van der Waals surface area contributed by atoms with Gasteiger partial charge in [0, 0.05) is 24.2 Å². The standard InChI is InChI=1S/C19H20F2N2O4S/c1-28(25,26)23-10-4-6-13-11-14(8-9-16(13)23)18(24)22-12-15-5-2-3-7-17(15)27-19(20)21/h2-3,5,7-9,11,19H,4,6,10,12H2,1H3,(H,22,24). The number of halogens is 2. The Morgan fingerprint density at radius 1 is 1.25 bits per heavy atom. The minimum Gasteiger partial charge on any atom is -0.434 e. The van der Waals surface area contributed by atoms with Crippen LogP contribution < -0.4 is 14.4 Å². The van der Waals surface area contributed by atoms with Crippen LogP contribution in [0.3, 0.4) is 0 Å². The van der Waals surface area contributed by atoms with Crippen molar-refractivity contribution in [2.75, 3.05) is 17.1 Å². The molecule has 0 radical (unpaired) electrons. The van der Waals surface area contributed by atoms with Gasteiger partial charge in [-0.25, -0.2) is 8.42 Å². The summed E-state index contributed by atoms with van der Waals surface area (Å²) in [6.45, 7) is -2.51. The van der Waals surface area contributed by atoms with E-state index in [1.54, 1.807) is 36.4 Å². The summed E-state index contributed by atoms with van der Waals surface area (Å²) in [7, 11) is -3.38. The minimum atomic E-state index is -3.38. The number of carbonyl (C=O) groups excluding carboxylic acids is 1. The summed E-state index contributed by atoms with van der Waals surface area (Å²) in [6.07, 6.45) is 2.50. The van der Waals surface area contributed by atoms with Crippen molar-refractivity contribution in [2.24, 2.45) is 0 Å². The highest BCUT2D eigenvalue weighted by molar-refractivity contribution is 7.92. The van der Waals surface area contributed by atoms with E-state index in [-0.39, 0.29) is 18.2 Å². The van der Waals surface area contributed by atoms with E-state index < -0.39 is 16.6 Å². The van der Waals surface area contributed by atoms with Crippen molar-refractivity contribution < 1.29 is 26.7 Å². The van der Waals surface area contributed by atoms with Crippen molar-refractivity contribution >= 4 is 21.6 Å². The highest BCUT2D eigenvalue weighted by atomic mass is 32.2. The number of nitrogens with zero attached hydrogens (tertiary/aromatic N) is 1. The van der Waals surface area contributed by atoms with Gasteiger partial charge in [0.1, 0.15) is 5.75 Å². The number of fused-ring (bicyclic) bond motifs is 1. The van der Waals surface area contributed by atoms with Crippen molar-refractivity contribution in [1.82, 2.24) is 5.32 Å². The SMILES string of the molecule is CS(=O)(=O)N1CCCc2cc(C(=O)NCc3ccccc3OC(F)F)ccc21. The van der Waals surface area contributed by atoms with Crippen molar-refractivity contribution in [3.05, 3.63) is 59.2 Å². The van der Waals surface area contributed by atoms with Crippen molar-refractivity contribution in [2.45, 2.75) is 26.0 Å². The van der Waals surface area contributed by atoms with Crippen molar-refractivity contribution in [3.8, 4) is 5.75 Å². The molecule has 1 heterocycles. The van der Waals surface area contributed by atoms with Gasteiger partial charge in [0.15, 0.2) is 0 Å².